The number of carbonyl (C=O) groups excluding carboxylic acids is 2. The molecule has 0 heterocycles. The number of nitrogens with one attached hydrogen (secondary N) is 1. The van der Waals surface area contributed by atoms with Crippen molar-refractivity contribution in [1.29, 1.82) is 0 Å². The van der Waals surface area contributed by atoms with Crippen LogP contribution in [0.3, 0.4) is 0 Å². The highest BCUT2D eigenvalue weighted by molar-refractivity contribution is 5.71. The van der Waals surface area contributed by atoms with Crippen molar-refractivity contribution in [1.82, 2.24) is 5.32 Å². The Labute approximate surface area is 65.2 Å². The van der Waals surface area contributed by atoms with Crippen molar-refractivity contribution in [2.45, 2.75) is 13.3 Å². The molecule has 0 aromatic rings. The Kier molecular flexibility index (Phi) is 5.98. The van der Waals surface area contributed by atoms with Crippen LogP contribution < -0.4 is 5.32 Å². The van der Waals surface area contributed by atoms with Crippen molar-refractivity contribution in [3.05, 3.63) is 12.3 Å². The normalized spacial score (nSPS) is 9.55. The fourth-order valence-corrected chi connectivity index (χ4v) is 0.482. The highest BCUT2D eigenvalue weighted by Gasteiger charge is 1.94. The molecule has 4 heteroatoms. The maximum Gasteiger partial charge on any atom is 0.309 e. The van der Waals surface area contributed by atoms with Gasteiger partial charge >= 0.3 is 5.97 Å². The lowest BCUT2D eigenvalue weighted by Gasteiger charge is -1.95. The number of ether oxygens (including phenoxy) is 1. The first-order chi connectivity index (χ1) is 5.31. The molecule has 1 N–H and O–H groups in total. The van der Waals surface area contributed by atoms with Gasteiger partial charge in [0.2, 0.25) is 6.41 Å². The number of rotatable bonds is 5. The molecular weight excluding hydrogens is 146 g/mol. The number of hydrogen-bond acceptors (Lipinski definition) is 3. The number of esters is 1. The summed E-state index contributed by atoms with van der Waals surface area (Å²) in [5, 5.41) is 2.28. The molecule has 0 rings (SSSR count). The van der Waals surface area contributed by atoms with Gasteiger partial charge in [0.1, 0.15) is 0 Å². The van der Waals surface area contributed by atoms with Crippen molar-refractivity contribution in [3.63, 3.8) is 0 Å². The summed E-state index contributed by atoms with van der Waals surface area (Å²) in [6.45, 7) is 2.12. The van der Waals surface area contributed by atoms with E-state index in [2.05, 4.69) is 10.1 Å². The molecule has 0 saturated carbocycles. The van der Waals surface area contributed by atoms with E-state index in [1.54, 1.807) is 6.92 Å². The summed E-state index contributed by atoms with van der Waals surface area (Å²) in [6.07, 6.45) is 3.63. The maximum absolute atomic E-state index is 10.6. The van der Waals surface area contributed by atoms with Gasteiger partial charge in [0, 0.05) is 6.20 Å². The molecule has 1 amide bonds. The van der Waals surface area contributed by atoms with Crippen molar-refractivity contribution in [3.8, 4) is 0 Å². The third-order valence-electron chi connectivity index (χ3n) is 0.872. The molecule has 0 fully saturated rings. The van der Waals surface area contributed by atoms with Crippen LogP contribution in [0.4, 0.5) is 0 Å². The third kappa shape index (κ3) is 6.57. The molecule has 0 aliphatic heterocycles. The van der Waals surface area contributed by atoms with Gasteiger partial charge in [-0.25, -0.2) is 0 Å². The summed E-state index contributed by atoms with van der Waals surface area (Å²) >= 11 is 0. The molecule has 0 aromatic heterocycles. The van der Waals surface area contributed by atoms with Crippen molar-refractivity contribution < 1.29 is 14.3 Å². The predicted octanol–water partition coefficient (Wildman–Crippen LogP) is 0.199. The fourth-order valence-electron chi connectivity index (χ4n) is 0.482. The minimum absolute atomic E-state index is 0.189. The van der Waals surface area contributed by atoms with E-state index in [0.717, 1.165) is 0 Å². The SMILES string of the molecule is CCOC(=O)C/C=C/NC=O. The van der Waals surface area contributed by atoms with Crippen LogP contribution in [0, 0.1) is 0 Å². The summed E-state index contributed by atoms with van der Waals surface area (Å²) in [6, 6.07) is 0. The van der Waals surface area contributed by atoms with E-state index in [1.165, 1.54) is 12.3 Å². The first kappa shape index (κ1) is 9.68. The Morgan fingerprint density at radius 2 is 2.36 bits per heavy atom. The van der Waals surface area contributed by atoms with E-state index in [0.29, 0.717) is 13.0 Å². The van der Waals surface area contributed by atoms with Crippen molar-refractivity contribution in [2.24, 2.45) is 0 Å². The summed E-state index contributed by atoms with van der Waals surface area (Å²) in [7, 11) is 0. The lowest BCUT2D eigenvalue weighted by Crippen LogP contribution is -2.03. The van der Waals surface area contributed by atoms with Crippen LogP contribution in [0.5, 0.6) is 0 Å². The van der Waals surface area contributed by atoms with E-state index < -0.39 is 0 Å². The predicted molar refractivity (Wildman–Crippen MR) is 39.6 cm³/mol. The highest BCUT2D eigenvalue weighted by Crippen LogP contribution is 1.86. The Morgan fingerprint density at radius 1 is 1.64 bits per heavy atom. The van der Waals surface area contributed by atoms with Crippen molar-refractivity contribution >= 4 is 12.4 Å². The second-order valence-electron chi connectivity index (χ2n) is 1.70. The third-order valence-corrected chi connectivity index (χ3v) is 0.872. The van der Waals surface area contributed by atoms with Gasteiger partial charge in [-0.2, -0.15) is 0 Å². The van der Waals surface area contributed by atoms with Gasteiger partial charge in [-0.1, -0.05) is 6.08 Å². The van der Waals surface area contributed by atoms with E-state index >= 15 is 0 Å². The Hall–Kier alpha value is -1.32. The molecule has 4 nitrogen and oxygen atoms in total. The Morgan fingerprint density at radius 3 is 2.91 bits per heavy atom. The van der Waals surface area contributed by atoms with Gasteiger partial charge in [-0.05, 0) is 6.92 Å². The van der Waals surface area contributed by atoms with Gasteiger partial charge in [-0.15, -0.1) is 0 Å². The van der Waals surface area contributed by atoms with Crippen LogP contribution >= 0.6 is 0 Å². The molecule has 62 valence electrons. The lowest BCUT2D eigenvalue weighted by molar-refractivity contribution is -0.142. The zero-order valence-electron chi connectivity index (χ0n) is 6.37. The molecule has 0 aromatic carbocycles. The summed E-state index contributed by atoms with van der Waals surface area (Å²) < 4.78 is 4.62. The lowest BCUT2D eigenvalue weighted by atomic mass is 10.4. The molecule has 0 spiro atoms. The maximum atomic E-state index is 10.6. The Balaban J connectivity index is 3.36. The Bertz CT molecular complexity index is 154. The monoisotopic (exact) mass is 157 g/mol. The number of carbonyl (C=O) groups is 2. The van der Waals surface area contributed by atoms with E-state index in [1.807, 2.05) is 0 Å². The molecular formula is C7H11NO3. The molecule has 0 saturated heterocycles. The first-order valence-electron chi connectivity index (χ1n) is 3.31. The van der Waals surface area contributed by atoms with Gasteiger partial charge in [0.05, 0.1) is 13.0 Å². The second-order valence-corrected chi connectivity index (χ2v) is 1.70. The fraction of sp³-hybridized carbons (Fsp3) is 0.429. The number of amides is 1. The first-order valence-corrected chi connectivity index (χ1v) is 3.31. The van der Waals surface area contributed by atoms with E-state index in [-0.39, 0.29) is 12.4 Å². The molecule has 0 atom stereocenters. The summed E-state index contributed by atoms with van der Waals surface area (Å²) in [4.78, 5) is 20.3. The zero-order valence-corrected chi connectivity index (χ0v) is 6.37. The van der Waals surface area contributed by atoms with Gasteiger partial charge < -0.3 is 10.1 Å². The van der Waals surface area contributed by atoms with E-state index in [9.17, 15) is 9.59 Å². The quantitative estimate of drug-likeness (QED) is 0.458. The minimum Gasteiger partial charge on any atom is -0.466 e. The van der Waals surface area contributed by atoms with Gasteiger partial charge in [0.15, 0.2) is 0 Å². The average Bonchev–Trinajstić information content (AvgIpc) is 1.99. The summed E-state index contributed by atoms with van der Waals surface area (Å²) in [5.74, 6) is -0.295. The zero-order chi connectivity index (χ0) is 8.53. The van der Waals surface area contributed by atoms with Gasteiger partial charge in [-0.3, -0.25) is 9.59 Å². The van der Waals surface area contributed by atoms with E-state index in [4.69, 9.17) is 0 Å². The molecule has 0 aliphatic rings. The minimum atomic E-state index is -0.295. The molecule has 0 radical (unpaired) electrons. The summed E-state index contributed by atoms with van der Waals surface area (Å²) in [5.41, 5.74) is 0. The van der Waals surface area contributed by atoms with Crippen LogP contribution in [0.15, 0.2) is 12.3 Å². The van der Waals surface area contributed by atoms with Gasteiger partial charge in [0.25, 0.3) is 0 Å². The van der Waals surface area contributed by atoms with Crippen LogP contribution in [-0.4, -0.2) is 19.0 Å². The standard InChI is InChI=1S/C7H11NO3/c1-2-11-7(10)4-3-5-8-6-9/h3,5-6H,2,4H2,1H3,(H,8,9)/b5-3+. The topological polar surface area (TPSA) is 55.4 Å². The average molecular weight is 157 g/mol. The highest BCUT2D eigenvalue weighted by atomic mass is 16.5. The van der Waals surface area contributed by atoms with Crippen LogP contribution in [0.2, 0.25) is 0 Å². The molecule has 11 heavy (non-hydrogen) atoms. The second kappa shape index (κ2) is 6.80. The van der Waals surface area contributed by atoms with Crippen LogP contribution in [-0.2, 0) is 14.3 Å². The largest absolute Gasteiger partial charge is 0.466 e. The number of hydrogen-bond donors (Lipinski definition) is 1. The van der Waals surface area contributed by atoms with Crippen molar-refractivity contribution in [2.75, 3.05) is 6.61 Å². The molecule has 0 unspecified atom stereocenters. The molecule has 0 aliphatic carbocycles. The van der Waals surface area contributed by atoms with Crippen LogP contribution in [0.25, 0.3) is 0 Å². The smallest absolute Gasteiger partial charge is 0.309 e. The van der Waals surface area contributed by atoms with Crippen LogP contribution in [0.1, 0.15) is 13.3 Å². The molecule has 0 bridgehead atoms.